The second-order valence-electron chi connectivity index (χ2n) is 4.21. The molecule has 0 N–H and O–H groups in total. The summed E-state index contributed by atoms with van der Waals surface area (Å²) in [6, 6.07) is 9.61. The average molecular weight is 297 g/mol. The number of halogens is 3. The van der Waals surface area contributed by atoms with E-state index in [1.165, 1.54) is 36.4 Å². The van der Waals surface area contributed by atoms with Crippen molar-refractivity contribution in [3.05, 3.63) is 64.7 Å². The van der Waals surface area contributed by atoms with Gasteiger partial charge in [-0.25, -0.2) is 8.78 Å². The molecule has 0 bridgehead atoms. The van der Waals surface area contributed by atoms with Crippen molar-refractivity contribution in [2.24, 2.45) is 0 Å². The van der Waals surface area contributed by atoms with Crippen molar-refractivity contribution < 1.29 is 18.3 Å². The normalized spacial score (nSPS) is 10.3. The maximum absolute atomic E-state index is 13.2. The van der Waals surface area contributed by atoms with Crippen LogP contribution in [-0.2, 0) is 11.2 Å². The number of hydrogen-bond donors (Lipinski definition) is 0. The number of hydrogen-bond acceptors (Lipinski definition) is 2. The summed E-state index contributed by atoms with van der Waals surface area (Å²) in [5.41, 5.74) is 0.697. The third kappa shape index (κ3) is 4.03. The Morgan fingerprint density at radius 3 is 2.45 bits per heavy atom. The Labute approximate surface area is 119 Å². The van der Waals surface area contributed by atoms with E-state index in [0.29, 0.717) is 5.56 Å². The van der Waals surface area contributed by atoms with Crippen LogP contribution in [0.15, 0.2) is 42.5 Å². The molecule has 0 aromatic heterocycles. The molecule has 0 atom stereocenters. The van der Waals surface area contributed by atoms with Gasteiger partial charge in [0.05, 0.1) is 5.02 Å². The van der Waals surface area contributed by atoms with Crippen molar-refractivity contribution in [1.82, 2.24) is 0 Å². The minimum atomic E-state index is -0.602. The van der Waals surface area contributed by atoms with Gasteiger partial charge in [-0.05, 0) is 29.8 Å². The van der Waals surface area contributed by atoms with Crippen LogP contribution in [0.4, 0.5) is 8.78 Å². The number of rotatable bonds is 5. The van der Waals surface area contributed by atoms with Crippen molar-refractivity contribution in [3.63, 3.8) is 0 Å². The molecule has 0 heterocycles. The highest BCUT2D eigenvalue weighted by atomic mass is 35.5. The van der Waals surface area contributed by atoms with Crippen LogP contribution in [0, 0.1) is 11.6 Å². The molecule has 2 aromatic rings. The van der Waals surface area contributed by atoms with E-state index in [4.69, 9.17) is 16.3 Å². The summed E-state index contributed by atoms with van der Waals surface area (Å²) in [6.45, 7) is -0.182. The highest BCUT2D eigenvalue weighted by Gasteiger charge is 2.07. The topological polar surface area (TPSA) is 26.3 Å². The summed E-state index contributed by atoms with van der Waals surface area (Å²) in [7, 11) is 0. The second kappa shape index (κ2) is 6.48. The minimum absolute atomic E-state index is 0.00464. The quantitative estimate of drug-likeness (QED) is 0.838. The fourth-order valence-electron chi connectivity index (χ4n) is 1.61. The van der Waals surface area contributed by atoms with Crippen molar-refractivity contribution in [2.75, 3.05) is 6.61 Å². The van der Waals surface area contributed by atoms with Gasteiger partial charge in [0.1, 0.15) is 24.0 Å². The van der Waals surface area contributed by atoms with Crippen LogP contribution in [0.3, 0.4) is 0 Å². The molecule has 104 valence electrons. The molecule has 0 aliphatic heterocycles. The van der Waals surface area contributed by atoms with Gasteiger partial charge in [-0.3, -0.25) is 4.79 Å². The number of carbonyl (C=O) groups excluding carboxylic acids is 1. The molecule has 0 amide bonds. The molecule has 0 radical (unpaired) electrons. The Balaban J connectivity index is 1.88. The molecule has 0 saturated heterocycles. The SMILES string of the molecule is O=C(COc1ccc(Cl)c(F)c1)Cc1ccc(F)cc1. The Morgan fingerprint density at radius 1 is 1.10 bits per heavy atom. The number of ketones is 1. The predicted octanol–water partition coefficient (Wildman–Crippen LogP) is 3.81. The maximum atomic E-state index is 13.2. The van der Waals surface area contributed by atoms with Gasteiger partial charge in [-0.1, -0.05) is 23.7 Å². The number of Topliss-reactive ketones (excluding diaryl/α,β-unsaturated/α-hetero) is 1. The molecular formula is C15H11ClF2O2. The average Bonchev–Trinajstić information content (AvgIpc) is 2.43. The number of carbonyl (C=O) groups is 1. The zero-order valence-electron chi connectivity index (χ0n) is 10.4. The molecule has 2 rings (SSSR count). The first-order chi connectivity index (χ1) is 9.54. The Morgan fingerprint density at radius 2 is 1.80 bits per heavy atom. The van der Waals surface area contributed by atoms with E-state index in [-0.39, 0.29) is 35.4 Å². The van der Waals surface area contributed by atoms with E-state index in [9.17, 15) is 13.6 Å². The molecule has 20 heavy (non-hydrogen) atoms. The molecule has 0 unspecified atom stereocenters. The first-order valence-corrected chi connectivity index (χ1v) is 6.26. The first kappa shape index (κ1) is 14.5. The lowest BCUT2D eigenvalue weighted by Crippen LogP contribution is -2.13. The fourth-order valence-corrected chi connectivity index (χ4v) is 1.73. The zero-order chi connectivity index (χ0) is 14.5. The summed E-state index contributed by atoms with van der Waals surface area (Å²) >= 11 is 5.54. The van der Waals surface area contributed by atoms with Crippen LogP contribution in [0.25, 0.3) is 0 Å². The van der Waals surface area contributed by atoms with Crippen LogP contribution in [0.5, 0.6) is 5.75 Å². The Hall–Kier alpha value is -1.94. The van der Waals surface area contributed by atoms with Gasteiger partial charge in [-0.2, -0.15) is 0 Å². The van der Waals surface area contributed by atoms with Gasteiger partial charge in [0, 0.05) is 12.5 Å². The molecule has 0 aliphatic rings. The van der Waals surface area contributed by atoms with E-state index in [0.717, 1.165) is 6.07 Å². The van der Waals surface area contributed by atoms with Gasteiger partial charge < -0.3 is 4.74 Å². The molecule has 0 aliphatic carbocycles. The molecule has 0 spiro atoms. The van der Waals surface area contributed by atoms with E-state index in [1.54, 1.807) is 0 Å². The van der Waals surface area contributed by atoms with Crippen LogP contribution >= 0.6 is 11.6 Å². The predicted molar refractivity (Wildman–Crippen MR) is 72.0 cm³/mol. The highest BCUT2D eigenvalue weighted by Crippen LogP contribution is 2.20. The largest absolute Gasteiger partial charge is 0.486 e. The van der Waals surface area contributed by atoms with Gasteiger partial charge in [0.2, 0.25) is 0 Å². The fraction of sp³-hybridized carbons (Fsp3) is 0.133. The third-order valence-corrected chi connectivity index (χ3v) is 2.91. The number of benzene rings is 2. The summed E-state index contributed by atoms with van der Waals surface area (Å²) in [5.74, 6) is -0.907. The van der Waals surface area contributed by atoms with Gasteiger partial charge in [0.15, 0.2) is 5.78 Å². The third-order valence-electron chi connectivity index (χ3n) is 2.61. The summed E-state index contributed by atoms with van der Waals surface area (Å²) in [6.07, 6.45) is 0.135. The molecule has 0 fully saturated rings. The van der Waals surface area contributed by atoms with Gasteiger partial charge >= 0.3 is 0 Å². The lowest BCUT2D eigenvalue weighted by molar-refractivity contribution is -0.120. The molecule has 2 nitrogen and oxygen atoms in total. The van der Waals surface area contributed by atoms with E-state index in [1.807, 2.05) is 0 Å². The summed E-state index contributed by atoms with van der Waals surface area (Å²) in [4.78, 5) is 11.7. The van der Waals surface area contributed by atoms with Crippen molar-refractivity contribution >= 4 is 17.4 Å². The molecule has 0 saturated carbocycles. The van der Waals surface area contributed by atoms with Crippen molar-refractivity contribution in [1.29, 1.82) is 0 Å². The monoisotopic (exact) mass is 296 g/mol. The standard InChI is InChI=1S/C15H11ClF2O2/c16-14-6-5-13(8-15(14)18)20-9-12(19)7-10-1-3-11(17)4-2-10/h1-6,8H,7,9H2. The maximum Gasteiger partial charge on any atom is 0.174 e. The Kier molecular flexibility index (Phi) is 4.69. The molecule has 2 aromatic carbocycles. The number of ether oxygens (including phenoxy) is 1. The summed E-state index contributed by atoms with van der Waals surface area (Å²) in [5, 5.41) is -0.00464. The van der Waals surface area contributed by atoms with Crippen molar-refractivity contribution in [2.45, 2.75) is 6.42 Å². The van der Waals surface area contributed by atoms with Gasteiger partial charge in [-0.15, -0.1) is 0 Å². The first-order valence-electron chi connectivity index (χ1n) is 5.88. The van der Waals surface area contributed by atoms with E-state index < -0.39 is 5.82 Å². The molecular weight excluding hydrogens is 286 g/mol. The van der Waals surface area contributed by atoms with Crippen LogP contribution < -0.4 is 4.74 Å². The lowest BCUT2D eigenvalue weighted by atomic mass is 10.1. The van der Waals surface area contributed by atoms with Crippen LogP contribution in [0.1, 0.15) is 5.56 Å². The van der Waals surface area contributed by atoms with Gasteiger partial charge in [0.25, 0.3) is 0 Å². The highest BCUT2D eigenvalue weighted by molar-refractivity contribution is 6.30. The van der Waals surface area contributed by atoms with Crippen LogP contribution in [-0.4, -0.2) is 12.4 Å². The molecule has 5 heteroatoms. The van der Waals surface area contributed by atoms with Crippen LogP contribution in [0.2, 0.25) is 5.02 Å². The smallest absolute Gasteiger partial charge is 0.174 e. The van der Waals surface area contributed by atoms with Crippen molar-refractivity contribution in [3.8, 4) is 5.75 Å². The Bertz CT molecular complexity index is 612. The second-order valence-corrected chi connectivity index (χ2v) is 4.61. The van der Waals surface area contributed by atoms with E-state index in [2.05, 4.69) is 0 Å². The van der Waals surface area contributed by atoms with E-state index >= 15 is 0 Å². The summed E-state index contributed by atoms with van der Waals surface area (Å²) < 4.78 is 31.0. The minimum Gasteiger partial charge on any atom is -0.486 e. The zero-order valence-corrected chi connectivity index (χ0v) is 11.2. The lowest BCUT2D eigenvalue weighted by Gasteiger charge is -2.06.